The SMILES string of the molecule is COc1cc2c(C3N(C)N=C4C=C(N5CCC(N6CCN(C)CC6)CC5)C=CN43)ccnc2cc1F. The second kappa shape index (κ2) is 9.37. The van der Waals surface area contributed by atoms with Crippen LogP contribution < -0.4 is 4.74 Å². The predicted molar refractivity (Wildman–Crippen MR) is 139 cm³/mol. The molecule has 0 N–H and O–H groups in total. The molecule has 4 aliphatic rings. The van der Waals surface area contributed by atoms with Crippen LogP contribution in [0.15, 0.2) is 53.5 Å². The van der Waals surface area contributed by atoms with E-state index in [2.05, 4.69) is 50.0 Å². The van der Waals surface area contributed by atoms with Crippen LogP contribution in [0.1, 0.15) is 24.6 Å². The first kappa shape index (κ1) is 23.2. The lowest BCUT2D eigenvalue weighted by molar-refractivity contribution is 0.0764. The number of allylic oxidation sites excluding steroid dienone is 1. The summed E-state index contributed by atoms with van der Waals surface area (Å²) in [5, 5.41) is 7.68. The highest BCUT2D eigenvalue weighted by Gasteiger charge is 2.35. The number of piperidine rings is 1. The summed E-state index contributed by atoms with van der Waals surface area (Å²) >= 11 is 0. The standard InChI is InChI=1S/C27H34FN7O/c1-31-12-14-34(15-13-31)19-5-9-33(10-6-19)20-7-11-35-26(16-20)30-32(2)27(35)21-4-8-29-24-18-23(28)25(36-3)17-22(21)24/h4,7-8,11,16-19,27H,5-6,9-10,12-15H2,1-3H3. The smallest absolute Gasteiger partial charge is 0.167 e. The predicted octanol–water partition coefficient (Wildman–Crippen LogP) is 3.07. The average molecular weight is 492 g/mol. The monoisotopic (exact) mass is 491 g/mol. The second-order valence-electron chi connectivity index (χ2n) is 10.2. The first-order chi connectivity index (χ1) is 17.5. The van der Waals surface area contributed by atoms with Crippen molar-refractivity contribution >= 4 is 16.7 Å². The molecule has 0 bridgehead atoms. The molecule has 0 amide bonds. The van der Waals surface area contributed by atoms with Gasteiger partial charge in [-0.3, -0.25) is 14.9 Å². The quantitative estimate of drug-likeness (QED) is 0.652. The van der Waals surface area contributed by atoms with Gasteiger partial charge in [0.25, 0.3) is 0 Å². The lowest BCUT2D eigenvalue weighted by Gasteiger charge is -2.43. The second-order valence-corrected chi connectivity index (χ2v) is 10.2. The van der Waals surface area contributed by atoms with Crippen LogP contribution in [-0.4, -0.2) is 102 Å². The Morgan fingerprint density at radius 2 is 1.81 bits per heavy atom. The molecule has 1 aromatic heterocycles. The Morgan fingerprint density at radius 3 is 2.56 bits per heavy atom. The molecule has 2 aromatic rings. The molecule has 0 aliphatic carbocycles. The van der Waals surface area contributed by atoms with Crippen LogP contribution in [0, 0.1) is 5.82 Å². The number of pyridine rings is 1. The van der Waals surface area contributed by atoms with E-state index in [0.29, 0.717) is 11.6 Å². The summed E-state index contributed by atoms with van der Waals surface area (Å²) in [7, 11) is 5.68. The van der Waals surface area contributed by atoms with Gasteiger partial charge in [-0.2, -0.15) is 5.10 Å². The van der Waals surface area contributed by atoms with Crippen LogP contribution >= 0.6 is 0 Å². The molecule has 190 valence electrons. The Kier molecular flexibility index (Phi) is 6.05. The zero-order valence-corrected chi connectivity index (χ0v) is 21.3. The molecule has 1 unspecified atom stereocenters. The summed E-state index contributed by atoms with van der Waals surface area (Å²) in [5.41, 5.74) is 2.83. The van der Waals surface area contributed by atoms with E-state index in [9.17, 15) is 4.39 Å². The molecular formula is C27H34FN7O. The number of hydrogen-bond donors (Lipinski definition) is 0. The van der Waals surface area contributed by atoms with Crippen molar-refractivity contribution in [2.45, 2.75) is 25.0 Å². The van der Waals surface area contributed by atoms with Crippen molar-refractivity contribution in [3.8, 4) is 5.75 Å². The van der Waals surface area contributed by atoms with E-state index in [1.54, 1.807) is 12.3 Å². The van der Waals surface area contributed by atoms with Gasteiger partial charge < -0.3 is 19.4 Å². The minimum Gasteiger partial charge on any atom is -0.494 e. The van der Waals surface area contributed by atoms with Crippen LogP contribution in [0.25, 0.3) is 10.9 Å². The average Bonchev–Trinajstić information content (AvgIpc) is 3.23. The Balaban J connectivity index is 1.18. The maximum atomic E-state index is 14.3. The number of ether oxygens (including phenoxy) is 1. The Labute approximate surface area is 211 Å². The van der Waals surface area contributed by atoms with Gasteiger partial charge in [-0.15, -0.1) is 0 Å². The molecule has 9 heteroatoms. The van der Waals surface area contributed by atoms with Gasteiger partial charge in [0.05, 0.1) is 12.6 Å². The lowest BCUT2D eigenvalue weighted by atomic mass is 10.0. The van der Waals surface area contributed by atoms with Crippen molar-refractivity contribution in [1.29, 1.82) is 0 Å². The van der Waals surface area contributed by atoms with Crippen LogP contribution in [0.3, 0.4) is 0 Å². The molecule has 6 rings (SSSR count). The molecular weight excluding hydrogens is 457 g/mol. The van der Waals surface area contributed by atoms with Crippen molar-refractivity contribution in [1.82, 2.24) is 29.6 Å². The molecule has 0 saturated carbocycles. The molecule has 0 spiro atoms. The fourth-order valence-electron chi connectivity index (χ4n) is 5.95. The molecule has 4 aliphatic heterocycles. The third kappa shape index (κ3) is 4.10. The maximum Gasteiger partial charge on any atom is 0.167 e. The van der Waals surface area contributed by atoms with Crippen molar-refractivity contribution in [3.05, 3.63) is 59.8 Å². The number of amidine groups is 1. The Morgan fingerprint density at radius 1 is 1.03 bits per heavy atom. The first-order valence-corrected chi connectivity index (χ1v) is 12.8. The highest BCUT2D eigenvalue weighted by Crippen LogP contribution is 2.38. The molecule has 2 fully saturated rings. The number of likely N-dealkylation sites (tertiary alicyclic amines) is 1. The maximum absolute atomic E-state index is 14.3. The van der Waals surface area contributed by atoms with Gasteiger partial charge in [-0.1, -0.05) is 0 Å². The van der Waals surface area contributed by atoms with E-state index < -0.39 is 5.82 Å². The number of nitrogens with zero attached hydrogens (tertiary/aromatic N) is 7. The number of hydrazone groups is 1. The lowest BCUT2D eigenvalue weighted by Crippen LogP contribution is -2.52. The number of likely N-dealkylation sites (N-methyl/N-ethyl adjacent to an activating group) is 1. The number of rotatable bonds is 4. The number of methoxy groups -OCH3 is 1. The summed E-state index contributed by atoms with van der Waals surface area (Å²) in [6.45, 7) is 6.86. The van der Waals surface area contributed by atoms with E-state index >= 15 is 0 Å². The highest BCUT2D eigenvalue weighted by molar-refractivity contribution is 5.97. The number of halogens is 1. The number of piperazine rings is 1. The summed E-state index contributed by atoms with van der Waals surface area (Å²) < 4.78 is 19.5. The summed E-state index contributed by atoms with van der Waals surface area (Å²) in [6.07, 6.45) is 10.5. The zero-order valence-electron chi connectivity index (χ0n) is 21.3. The van der Waals surface area contributed by atoms with Crippen LogP contribution in [0.4, 0.5) is 4.39 Å². The highest BCUT2D eigenvalue weighted by atomic mass is 19.1. The van der Waals surface area contributed by atoms with Crippen LogP contribution in [0.2, 0.25) is 0 Å². The van der Waals surface area contributed by atoms with E-state index in [1.807, 2.05) is 18.1 Å². The molecule has 8 nitrogen and oxygen atoms in total. The molecule has 2 saturated heterocycles. The van der Waals surface area contributed by atoms with Gasteiger partial charge in [-0.25, -0.2) is 4.39 Å². The topological polar surface area (TPSA) is 50.7 Å². The fourth-order valence-corrected chi connectivity index (χ4v) is 5.95. The Bertz CT molecular complexity index is 1230. The van der Waals surface area contributed by atoms with Crippen molar-refractivity contribution in [2.24, 2.45) is 5.10 Å². The third-order valence-electron chi connectivity index (χ3n) is 8.04. The Hall–Kier alpha value is -3.17. The molecule has 0 radical (unpaired) electrons. The van der Waals surface area contributed by atoms with Gasteiger partial charge in [0.1, 0.15) is 6.17 Å². The van der Waals surface area contributed by atoms with Gasteiger partial charge >= 0.3 is 0 Å². The van der Waals surface area contributed by atoms with E-state index in [-0.39, 0.29) is 11.9 Å². The van der Waals surface area contributed by atoms with Gasteiger partial charge in [0.2, 0.25) is 0 Å². The third-order valence-corrected chi connectivity index (χ3v) is 8.04. The number of aromatic nitrogens is 1. The number of hydrogen-bond acceptors (Lipinski definition) is 8. The van der Waals surface area contributed by atoms with Crippen molar-refractivity contribution in [3.63, 3.8) is 0 Å². The fraction of sp³-hybridized carbons (Fsp3) is 0.481. The van der Waals surface area contributed by atoms with Crippen molar-refractivity contribution in [2.75, 3.05) is 60.5 Å². The minimum absolute atomic E-state index is 0.141. The van der Waals surface area contributed by atoms with E-state index in [1.165, 1.54) is 57.9 Å². The largest absolute Gasteiger partial charge is 0.494 e. The van der Waals surface area contributed by atoms with Crippen LogP contribution in [0.5, 0.6) is 5.75 Å². The van der Waals surface area contributed by atoms with E-state index in [0.717, 1.165) is 29.9 Å². The molecule has 1 atom stereocenters. The summed E-state index contributed by atoms with van der Waals surface area (Å²) in [6, 6.07) is 5.85. The van der Waals surface area contributed by atoms with Gasteiger partial charge in [0.15, 0.2) is 17.4 Å². The normalized spacial score (nSPS) is 23.8. The van der Waals surface area contributed by atoms with E-state index in [4.69, 9.17) is 9.84 Å². The summed E-state index contributed by atoms with van der Waals surface area (Å²) in [4.78, 5) is 14.2. The molecule has 5 heterocycles. The number of fused-ring (bicyclic) bond motifs is 2. The van der Waals surface area contributed by atoms with Crippen LogP contribution in [-0.2, 0) is 0 Å². The molecule has 36 heavy (non-hydrogen) atoms. The van der Waals surface area contributed by atoms with Gasteiger partial charge in [-0.05, 0) is 38.1 Å². The van der Waals surface area contributed by atoms with Crippen molar-refractivity contribution < 1.29 is 9.13 Å². The minimum atomic E-state index is -0.409. The first-order valence-electron chi connectivity index (χ1n) is 12.8. The zero-order chi connectivity index (χ0) is 24.8. The summed E-state index contributed by atoms with van der Waals surface area (Å²) in [5.74, 6) is 0.725. The molecule has 1 aromatic carbocycles. The van der Waals surface area contributed by atoms with Gasteiger partial charge in [0, 0.05) is 93.5 Å². The number of benzene rings is 1.